The topological polar surface area (TPSA) is 33.4 Å². The van der Waals surface area contributed by atoms with E-state index in [0.29, 0.717) is 23.5 Å². The van der Waals surface area contributed by atoms with Gasteiger partial charge in [-0.1, -0.05) is 120 Å². The highest BCUT2D eigenvalue weighted by atomic mass is 16.4. The zero-order valence-electron chi connectivity index (χ0n) is 24.6. The molecule has 0 radical (unpaired) electrons. The molecule has 2 heteroatoms. The first-order valence-corrected chi connectivity index (χ1v) is 15.6. The molecule has 4 aromatic rings. The number of benzene rings is 3. The maximum Gasteiger partial charge on any atom is 0.132 e. The van der Waals surface area contributed by atoms with Crippen molar-refractivity contribution < 1.29 is 9.52 Å². The molecule has 1 heterocycles. The van der Waals surface area contributed by atoms with Crippen LogP contribution in [0.25, 0.3) is 0 Å². The average molecular weight is 555 g/mol. The Kier molecular flexibility index (Phi) is 9.01. The van der Waals surface area contributed by atoms with Crippen LogP contribution >= 0.6 is 0 Å². The molecule has 42 heavy (non-hydrogen) atoms. The number of furan rings is 1. The first kappa shape index (κ1) is 28.2. The third kappa shape index (κ3) is 6.61. The maximum absolute atomic E-state index is 11.3. The second kappa shape index (κ2) is 13.4. The van der Waals surface area contributed by atoms with E-state index in [9.17, 15) is 5.11 Å². The summed E-state index contributed by atoms with van der Waals surface area (Å²) in [7, 11) is 0. The lowest BCUT2D eigenvalue weighted by Crippen LogP contribution is -2.22. The Morgan fingerprint density at radius 1 is 0.714 bits per heavy atom. The summed E-state index contributed by atoms with van der Waals surface area (Å²) in [6.07, 6.45) is 17.1. The van der Waals surface area contributed by atoms with Crippen LogP contribution in [-0.2, 0) is 0 Å². The summed E-state index contributed by atoms with van der Waals surface area (Å²) in [4.78, 5) is 0. The Morgan fingerprint density at radius 2 is 1.38 bits per heavy atom. The number of rotatable bonds is 9. The number of aryl methyl sites for hydroxylation is 1. The van der Waals surface area contributed by atoms with Crippen molar-refractivity contribution in [2.24, 2.45) is 11.8 Å². The number of aliphatic hydroxyl groups excluding tert-OH is 1. The molecule has 2 aliphatic rings. The third-order valence-corrected chi connectivity index (χ3v) is 9.43. The van der Waals surface area contributed by atoms with E-state index >= 15 is 0 Å². The zero-order valence-corrected chi connectivity index (χ0v) is 24.6. The second-order valence-corrected chi connectivity index (χ2v) is 12.1. The number of hydrogen-bond acceptors (Lipinski definition) is 2. The van der Waals surface area contributed by atoms with E-state index in [2.05, 4.69) is 116 Å². The van der Waals surface area contributed by atoms with Crippen molar-refractivity contribution in [3.05, 3.63) is 167 Å². The molecule has 214 valence electrons. The lowest BCUT2D eigenvalue weighted by atomic mass is 9.69. The molecule has 2 aliphatic carbocycles. The van der Waals surface area contributed by atoms with Gasteiger partial charge in [0.2, 0.25) is 0 Å². The van der Waals surface area contributed by atoms with E-state index in [1.807, 2.05) is 12.1 Å². The molecule has 0 bridgehead atoms. The quantitative estimate of drug-likeness (QED) is 0.223. The highest BCUT2D eigenvalue weighted by Crippen LogP contribution is 2.44. The van der Waals surface area contributed by atoms with Crippen LogP contribution < -0.4 is 0 Å². The fourth-order valence-corrected chi connectivity index (χ4v) is 7.12. The van der Waals surface area contributed by atoms with Crippen molar-refractivity contribution in [3.8, 4) is 0 Å². The third-order valence-electron chi connectivity index (χ3n) is 9.43. The van der Waals surface area contributed by atoms with Gasteiger partial charge >= 0.3 is 0 Å². The summed E-state index contributed by atoms with van der Waals surface area (Å²) in [5.41, 5.74) is 8.00. The Hall–Kier alpha value is -3.88. The van der Waals surface area contributed by atoms with Crippen molar-refractivity contribution >= 4 is 0 Å². The normalized spacial score (nSPS) is 20.5. The summed E-state index contributed by atoms with van der Waals surface area (Å²) >= 11 is 0. The van der Waals surface area contributed by atoms with Crippen LogP contribution in [0, 0.1) is 18.8 Å². The molecule has 0 spiro atoms. The standard InChI is InChI=1S/C40H42O2/c1-29-17-20-33(21-18-29)37(40(41)38-16-9-27-42-38)28-30-10-8-15-31(22-19-30)32-23-25-36(26-24-32)39(34-11-4-2-5-12-34)35-13-6-3-7-14-35/h2-7,9-22,27,32,36-37,39-41H,8,23-26,28H2,1H3. The Balaban J connectivity index is 1.13. The molecule has 0 saturated heterocycles. The monoisotopic (exact) mass is 554 g/mol. The summed E-state index contributed by atoms with van der Waals surface area (Å²) < 4.78 is 5.62. The SMILES string of the molecule is Cc1ccc(C(CC2=CCC=C(C3CCC(C(c4ccccc4)c4ccccc4)CC3)C=C2)C(O)c2ccco2)cc1. The van der Waals surface area contributed by atoms with Gasteiger partial charge in [-0.3, -0.25) is 0 Å². The van der Waals surface area contributed by atoms with Crippen molar-refractivity contribution in [3.63, 3.8) is 0 Å². The predicted molar refractivity (Wildman–Crippen MR) is 172 cm³/mol. The van der Waals surface area contributed by atoms with E-state index < -0.39 is 6.10 Å². The van der Waals surface area contributed by atoms with Gasteiger partial charge < -0.3 is 9.52 Å². The summed E-state index contributed by atoms with van der Waals surface area (Å²) in [6, 6.07) is 34.5. The molecule has 1 saturated carbocycles. The smallest absolute Gasteiger partial charge is 0.132 e. The molecule has 0 aliphatic heterocycles. The van der Waals surface area contributed by atoms with Gasteiger partial charge in [0.05, 0.1) is 6.26 Å². The van der Waals surface area contributed by atoms with Crippen LogP contribution in [0.15, 0.2) is 143 Å². The fraction of sp³-hybridized carbons (Fsp3) is 0.300. The van der Waals surface area contributed by atoms with Crippen molar-refractivity contribution in [2.45, 2.75) is 63.4 Å². The molecule has 2 nitrogen and oxygen atoms in total. The molecule has 3 aromatic carbocycles. The van der Waals surface area contributed by atoms with Crippen LogP contribution in [0.3, 0.4) is 0 Å². The minimum Gasteiger partial charge on any atom is -0.467 e. The second-order valence-electron chi connectivity index (χ2n) is 12.1. The van der Waals surface area contributed by atoms with Crippen molar-refractivity contribution in [1.29, 1.82) is 0 Å². The van der Waals surface area contributed by atoms with Gasteiger partial charge in [0.1, 0.15) is 11.9 Å². The molecule has 1 fully saturated rings. The summed E-state index contributed by atoms with van der Waals surface area (Å²) in [5.74, 6) is 2.28. The fourth-order valence-electron chi connectivity index (χ4n) is 7.12. The molecular weight excluding hydrogens is 512 g/mol. The van der Waals surface area contributed by atoms with Crippen LogP contribution in [-0.4, -0.2) is 5.11 Å². The van der Waals surface area contributed by atoms with Gasteiger partial charge in [-0.05, 0) is 91.7 Å². The van der Waals surface area contributed by atoms with E-state index in [0.717, 1.165) is 18.4 Å². The highest BCUT2D eigenvalue weighted by Gasteiger charge is 2.31. The maximum atomic E-state index is 11.3. The molecule has 1 aromatic heterocycles. The molecule has 0 amide bonds. The van der Waals surface area contributed by atoms with E-state index in [1.165, 1.54) is 53.5 Å². The van der Waals surface area contributed by atoms with Crippen molar-refractivity contribution in [1.82, 2.24) is 0 Å². The first-order chi connectivity index (χ1) is 20.7. The molecule has 2 unspecified atom stereocenters. The highest BCUT2D eigenvalue weighted by molar-refractivity contribution is 5.38. The van der Waals surface area contributed by atoms with Gasteiger partial charge in [0.15, 0.2) is 0 Å². The van der Waals surface area contributed by atoms with E-state index in [-0.39, 0.29) is 5.92 Å². The Labute approximate surface area is 251 Å². The lowest BCUT2D eigenvalue weighted by Gasteiger charge is -2.35. The number of aliphatic hydroxyl groups is 1. The molecule has 1 N–H and O–H groups in total. The van der Waals surface area contributed by atoms with E-state index in [1.54, 1.807) is 6.26 Å². The van der Waals surface area contributed by atoms with Crippen LogP contribution in [0.1, 0.15) is 84.5 Å². The first-order valence-electron chi connectivity index (χ1n) is 15.6. The lowest BCUT2D eigenvalue weighted by molar-refractivity contribution is 0.119. The van der Waals surface area contributed by atoms with Crippen LogP contribution in [0.5, 0.6) is 0 Å². The Morgan fingerprint density at radius 3 is 2.00 bits per heavy atom. The summed E-state index contributed by atoms with van der Waals surface area (Å²) in [6.45, 7) is 2.10. The predicted octanol–water partition coefficient (Wildman–Crippen LogP) is 10.2. The van der Waals surface area contributed by atoms with Gasteiger partial charge in [0, 0.05) is 11.8 Å². The zero-order chi connectivity index (χ0) is 28.7. The van der Waals surface area contributed by atoms with Crippen LogP contribution in [0.4, 0.5) is 0 Å². The van der Waals surface area contributed by atoms with E-state index in [4.69, 9.17) is 4.42 Å². The van der Waals surface area contributed by atoms with Gasteiger partial charge in [-0.2, -0.15) is 0 Å². The van der Waals surface area contributed by atoms with Gasteiger partial charge in [-0.25, -0.2) is 0 Å². The minimum atomic E-state index is -0.690. The average Bonchev–Trinajstić information content (AvgIpc) is 3.48. The minimum absolute atomic E-state index is 0.0717. The van der Waals surface area contributed by atoms with Crippen molar-refractivity contribution in [2.75, 3.05) is 0 Å². The molecule has 6 rings (SSSR count). The number of hydrogen-bond donors (Lipinski definition) is 1. The summed E-state index contributed by atoms with van der Waals surface area (Å²) in [5, 5.41) is 11.3. The van der Waals surface area contributed by atoms with Gasteiger partial charge in [-0.15, -0.1) is 0 Å². The Bertz CT molecular complexity index is 1450. The molecular formula is C40H42O2. The largest absolute Gasteiger partial charge is 0.467 e. The van der Waals surface area contributed by atoms with Crippen LogP contribution in [0.2, 0.25) is 0 Å². The molecule has 2 atom stereocenters. The number of allylic oxidation sites excluding steroid dienone is 6. The van der Waals surface area contributed by atoms with Gasteiger partial charge in [0.25, 0.3) is 0 Å².